The minimum absolute atomic E-state index is 0.179. The summed E-state index contributed by atoms with van der Waals surface area (Å²) in [6.45, 7) is 5.03. The van der Waals surface area contributed by atoms with Crippen molar-refractivity contribution < 1.29 is 23.1 Å². The Labute approximate surface area is 154 Å². The third kappa shape index (κ3) is 5.56. The Bertz CT molecular complexity index is 796. The van der Waals surface area contributed by atoms with Crippen molar-refractivity contribution in [1.82, 2.24) is 0 Å². The number of anilines is 1. The molecule has 0 unspecified atom stereocenters. The van der Waals surface area contributed by atoms with Crippen LogP contribution in [0.1, 0.15) is 19.4 Å². The number of nitrogens with one attached hydrogen (secondary N) is 1. The summed E-state index contributed by atoms with van der Waals surface area (Å²) in [6, 6.07) is 10.5. The molecule has 1 N–H and O–H groups in total. The number of benzene rings is 2. The van der Waals surface area contributed by atoms with Crippen LogP contribution in [0.5, 0.6) is 0 Å². The summed E-state index contributed by atoms with van der Waals surface area (Å²) in [5, 5.41) is 1.75. The summed E-state index contributed by atoms with van der Waals surface area (Å²) in [4.78, 5) is 25.1. The number of hydrogen-bond donors (Lipinski definition) is 1. The van der Waals surface area contributed by atoms with Crippen molar-refractivity contribution in [2.24, 2.45) is 0 Å². The van der Waals surface area contributed by atoms with Gasteiger partial charge in [-0.15, -0.1) is 11.8 Å². The van der Waals surface area contributed by atoms with Gasteiger partial charge in [0.15, 0.2) is 6.10 Å². The molecule has 0 fully saturated rings. The lowest BCUT2D eigenvalue weighted by molar-refractivity contribution is -0.152. The normalized spacial score (nSPS) is 13.0. The van der Waals surface area contributed by atoms with Gasteiger partial charge in [0, 0.05) is 11.0 Å². The number of carbonyl (C=O) groups excluding carboxylic acids is 2. The average Bonchev–Trinajstić information content (AvgIpc) is 2.59. The fourth-order valence-electron chi connectivity index (χ4n) is 2.02. The summed E-state index contributed by atoms with van der Waals surface area (Å²) in [7, 11) is 0. The highest BCUT2D eigenvalue weighted by Gasteiger charge is 2.23. The van der Waals surface area contributed by atoms with E-state index in [1.807, 2.05) is 31.2 Å². The van der Waals surface area contributed by atoms with E-state index in [2.05, 4.69) is 5.32 Å². The van der Waals surface area contributed by atoms with Gasteiger partial charge in [-0.2, -0.15) is 0 Å². The molecule has 0 aliphatic rings. The summed E-state index contributed by atoms with van der Waals surface area (Å²) in [6.07, 6.45) is -1.12. The highest BCUT2D eigenvalue weighted by Crippen LogP contribution is 2.24. The molecule has 1 amide bonds. The van der Waals surface area contributed by atoms with Crippen molar-refractivity contribution in [2.75, 3.05) is 5.32 Å². The maximum Gasteiger partial charge on any atom is 0.319 e. The summed E-state index contributed by atoms with van der Waals surface area (Å²) < 4.78 is 31.6. The third-order valence-electron chi connectivity index (χ3n) is 3.52. The lowest BCUT2D eigenvalue weighted by Crippen LogP contribution is -2.32. The van der Waals surface area contributed by atoms with E-state index in [9.17, 15) is 18.4 Å². The fourth-order valence-corrected chi connectivity index (χ4v) is 2.87. The Kier molecular flexibility index (Phi) is 6.74. The van der Waals surface area contributed by atoms with Gasteiger partial charge in [-0.3, -0.25) is 9.59 Å². The van der Waals surface area contributed by atoms with Crippen LogP contribution < -0.4 is 5.32 Å². The predicted octanol–water partition coefficient (Wildman–Crippen LogP) is 4.32. The molecule has 2 atom stereocenters. The molecule has 0 aliphatic carbocycles. The van der Waals surface area contributed by atoms with E-state index in [-0.39, 0.29) is 5.69 Å². The fraction of sp³-hybridized carbons (Fsp3) is 0.263. The number of rotatable bonds is 6. The minimum atomic E-state index is -1.12. The van der Waals surface area contributed by atoms with Gasteiger partial charge in [0.05, 0.1) is 5.69 Å². The molecule has 0 aliphatic heterocycles. The first-order chi connectivity index (χ1) is 12.3. The number of ether oxygens (including phenoxy) is 1. The smallest absolute Gasteiger partial charge is 0.319 e. The molecule has 7 heteroatoms. The van der Waals surface area contributed by atoms with Gasteiger partial charge >= 0.3 is 5.97 Å². The number of thioether (sulfide) groups is 1. The van der Waals surface area contributed by atoms with Crippen LogP contribution in [-0.4, -0.2) is 23.2 Å². The zero-order chi connectivity index (χ0) is 19.3. The van der Waals surface area contributed by atoms with Crippen LogP contribution in [0.15, 0.2) is 47.4 Å². The number of aryl methyl sites for hydroxylation is 1. The largest absolute Gasteiger partial charge is 0.452 e. The zero-order valence-corrected chi connectivity index (χ0v) is 15.4. The zero-order valence-electron chi connectivity index (χ0n) is 14.6. The van der Waals surface area contributed by atoms with Crippen LogP contribution in [-0.2, 0) is 14.3 Å². The van der Waals surface area contributed by atoms with Gasteiger partial charge in [-0.25, -0.2) is 8.78 Å². The Morgan fingerprint density at radius 3 is 2.35 bits per heavy atom. The van der Waals surface area contributed by atoms with Crippen LogP contribution in [0.3, 0.4) is 0 Å². The Morgan fingerprint density at radius 1 is 1.08 bits per heavy atom. The van der Waals surface area contributed by atoms with E-state index in [0.29, 0.717) is 6.07 Å². The number of halogens is 2. The van der Waals surface area contributed by atoms with E-state index in [1.165, 1.54) is 18.7 Å². The van der Waals surface area contributed by atoms with Gasteiger partial charge < -0.3 is 10.1 Å². The molecule has 0 aromatic heterocycles. The second-order valence-corrected chi connectivity index (χ2v) is 7.18. The number of hydrogen-bond acceptors (Lipinski definition) is 4. The van der Waals surface area contributed by atoms with Crippen molar-refractivity contribution in [2.45, 2.75) is 37.0 Å². The van der Waals surface area contributed by atoms with Crippen LogP contribution in [0, 0.1) is 18.6 Å². The van der Waals surface area contributed by atoms with Crippen molar-refractivity contribution in [1.29, 1.82) is 0 Å². The van der Waals surface area contributed by atoms with Crippen LogP contribution in [0.2, 0.25) is 0 Å². The van der Waals surface area contributed by atoms with Gasteiger partial charge in [0.1, 0.15) is 16.9 Å². The molecule has 0 radical (unpaired) electrons. The van der Waals surface area contributed by atoms with Gasteiger partial charge in [0.2, 0.25) is 0 Å². The van der Waals surface area contributed by atoms with Gasteiger partial charge in [-0.1, -0.05) is 17.7 Å². The molecule has 0 spiro atoms. The molecule has 0 bridgehead atoms. The van der Waals surface area contributed by atoms with E-state index in [1.54, 1.807) is 6.92 Å². The molecule has 2 aromatic carbocycles. The Morgan fingerprint density at radius 2 is 1.73 bits per heavy atom. The van der Waals surface area contributed by atoms with E-state index >= 15 is 0 Å². The van der Waals surface area contributed by atoms with Gasteiger partial charge in [-0.05, 0) is 45.0 Å². The van der Waals surface area contributed by atoms with Crippen molar-refractivity contribution in [3.05, 3.63) is 59.7 Å². The van der Waals surface area contributed by atoms with Crippen molar-refractivity contribution in [3.63, 3.8) is 0 Å². The maximum absolute atomic E-state index is 13.6. The second kappa shape index (κ2) is 8.80. The summed E-state index contributed by atoms with van der Waals surface area (Å²) in [5.74, 6) is -2.91. The topological polar surface area (TPSA) is 55.4 Å². The third-order valence-corrected chi connectivity index (χ3v) is 4.61. The summed E-state index contributed by atoms with van der Waals surface area (Å²) in [5.41, 5.74) is 0.935. The van der Waals surface area contributed by atoms with Crippen LogP contribution in [0.4, 0.5) is 14.5 Å². The highest BCUT2D eigenvalue weighted by molar-refractivity contribution is 8.00. The maximum atomic E-state index is 13.6. The van der Waals surface area contributed by atoms with Crippen molar-refractivity contribution >= 4 is 29.3 Å². The van der Waals surface area contributed by atoms with E-state index < -0.39 is 34.9 Å². The molecule has 2 rings (SSSR count). The molecule has 0 saturated heterocycles. The monoisotopic (exact) mass is 379 g/mol. The molecule has 2 aromatic rings. The Hall–Kier alpha value is -2.41. The number of esters is 1. The number of amides is 1. The first-order valence-electron chi connectivity index (χ1n) is 7.96. The minimum Gasteiger partial charge on any atom is -0.452 e. The standard InChI is InChI=1S/C19H19F2NO3S/c1-11-4-7-15(8-5-11)26-13(3)19(24)25-12(2)18(23)22-17-9-6-14(20)10-16(17)21/h4-10,12-13H,1-3H3,(H,22,23)/t12-,13+/m1/s1. The lowest BCUT2D eigenvalue weighted by Gasteiger charge is -2.17. The van der Waals surface area contributed by atoms with E-state index in [4.69, 9.17) is 4.74 Å². The van der Waals surface area contributed by atoms with Crippen LogP contribution >= 0.6 is 11.8 Å². The average molecular weight is 379 g/mol. The van der Waals surface area contributed by atoms with Crippen molar-refractivity contribution in [3.8, 4) is 0 Å². The molecule has 26 heavy (non-hydrogen) atoms. The first-order valence-corrected chi connectivity index (χ1v) is 8.84. The van der Waals surface area contributed by atoms with E-state index in [0.717, 1.165) is 22.6 Å². The van der Waals surface area contributed by atoms with Gasteiger partial charge in [0.25, 0.3) is 5.91 Å². The SMILES string of the molecule is Cc1ccc(S[C@@H](C)C(=O)O[C@H](C)C(=O)Nc2ccc(F)cc2F)cc1. The molecule has 138 valence electrons. The molecule has 4 nitrogen and oxygen atoms in total. The van der Waals surface area contributed by atoms with Crippen LogP contribution in [0.25, 0.3) is 0 Å². The molecular formula is C19H19F2NO3S. The molecule has 0 saturated carbocycles. The number of carbonyl (C=O) groups is 2. The Balaban J connectivity index is 1.90. The lowest BCUT2D eigenvalue weighted by atomic mass is 10.2. The second-order valence-electron chi connectivity index (χ2n) is 5.77. The quantitative estimate of drug-likeness (QED) is 0.600. The first kappa shape index (κ1) is 19.9. The predicted molar refractivity (Wildman–Crippen MR) is 97.0 cm³/mol. The summed E-state index contributed by atoms with van der Waals surface area (Å²) >= 11 is 1.31. The molecular weight excluding hydrogens is 360 g/mol. The highest BCUT2D eigenvalue weighted by atomic mass is 32.2. The molecule has 0 heterocycles.